The highest BCUT2D eigenvalue weighted by Gasteiger charge is 2.32. The molecule has 2 N–H and O–H groups in total. The summed E-state index contributed by atoms with van der Waals surface area (Å²) in [6, 6.07) is 7.62. The van der Waals surface area contributed by atoms with Gasteiger partial charge in [-0.15, -0.1) is 0 Å². The van der Waals surface area contributed by atoms with Crippen LogP contribution in [0.25, 0.3) is 0 Å². The molecule has 1 saturated carbocycles. The Morgan fingerprint density at radius 3 is 2.62 bits per heavy atom. The Balaban J connectivity index is 1.76. The summed E-state index contributed by atoms with van der Waals surface area (Å²) in [5.41, 5.74) is 0.778. The molecular formula is C12H15ClN2O. The number of nitrogens with one attached hydrogen (secondary N) is 2. The summed E-state index contributed by atoms with van der Waals surface area (Å²) in [4.78, 5) is 11.5. The molecule has 0 saturated heterocycles. The molecule has 0 spiro atoms. The lowest BCUT2D eigenvalue weighted by Crippen LogP contribution is -2.30. The summed E-state index contributed by atoms with van der Waals surface area (Å²) in [5.74, 6) is 0.699. The van der Waals surface area contributed by atoms with Gasteiger partial charge in [0.2, 0.25) is 5.91 Å². The van der Waals surface area contributed by atoms with Gasteiger partial charge >= 0.3 is 0 Å². The predicted molar refractivity (Wildman–Crippen MR) is 65.7 cm³/mol. The molecule has 2 atom stereocenters. The quantitative estimate of drug-likeness (QED) is 0.845. The third-order valence-electron chi connectivity index (χ3n) is 2.76. The normalized spacial score (nSPS) is 22.9. The number of hydrogen-bond donors (Lipinski definition) is 2. The molecule has 0 heterocycles. The smallest absolute Gasteiger partial charge is 0.238 e. The highest BCUT2D eigenvalue weighted by molar-refractivity contribution is 6.30. The van der Waals surface area contributed by atoms with Crippen LogP contribution in [0.1, 0.15) is 13.3 Å². The van der Waals surface area contributed by atoms with Crippen LogP contribution in [0.15, 0.2) is 24.3 Å². The zero-order valence-electron chi connectivity index (χ0n) is 9.16. The van der Waals surface area contributed by atoms with Crippen molar-refractivity contribution in [2.45, 2.75) is 19.4 Å². The van der Waals surface area contributed by atoms with Gasteiger partial charge in [-0.3, -0.25) is 4.79 Å². The van der Waals surface area contributed by atoms with Crippen LogP contribution in [-0.4, -0.2) is 18.5 Å². The van der Waals surface area contributed by atoms with E-state index in [0.717, 1.165) is 5.69 Å². The Bertz CT molecular complexity index is 377. The Labute approximate surface area is 100 Å². The van der Waals surface area contributed by atoms with Gasteiger partial charge in [0.25, 0.3) is 0 Å². The van der Waals surface area contributed by atoms with E-state index in [0.29, 0.717) is 23.5 Å². The van der Waals surface area contributed by atoms with E-state index < -0.39 is 0 Å². The van der Waals surface area contributed by atoms with E-state index in [1.165, 1.54) is 6.42 Å². The zero-order chi connectivity index (χ0) is 11.5. The highest BCUT2D eigenvalue weighted by Crippen LogP contribution is 2.28. The van der Waals surface area contributed by atoms with Crippen LogP contribution in [0.3, 0.4) is 0 Å². The fraction of sp³-hybridized carbons (Fsp3) is 0.417. The van der Waals surface area contributed by atoms with E-state index in [1.807, 2.05) is 0 Å². The van der Waals surface area contributed by atoms with Crippen molar-refractivity contribution in [3.05, 3.63) is 29.3 Å². The topological polar surface area (TPSA) is 41.1 Å². The van der Waals surface area contributed by atoms with Gasteiger partial charge in [-0.25, -0.2) is 0 Å². The number of amides is 1. The van der Waals surface area contributed by atoms with Gasteiger partial charge < -0.3 is 10.6 Å². The third kappa shape index (κ3) is 3.22. The average molecular weight is 239 g/mol. The number of anilines is 1. The Kier molecular flexibility index (Phi) is 3.46. The van der Waals surface area contributed by atoms with Gasteiger partial charge in [-0.05, 0) is 36.6 Å². The summed E-state index contributed by atoms with van der Waals surface area (Å²) in [6.07, 6.45) is 1.17. The lowest BCUT2D eigenvalue weighted by molar-refractivity contribution is -0.115. The number of benzene rings is 1. The fourth-order valence-electron chi connectivity index (χ4n) is 1.57. The lowest BCUT2D eigenvalue weighted by atomic mass is 10.3. The van der Waals surface area contributed by atoms with Crippen molar-refractivity contribution in [3.63, 3.8) is 0 Å². The minimum atomic E-state index is -0.0126. The molecule has 1 aromatic carbocycles. The molecule has 2 rings (SSSR count). The molecule has 0 radical (unpaired) electrons. The lowest BCUT2D eigenvalue weighted by Gasteiger charge is -2.06. The van der Waals surface area contributed by atoms with Crippen LogP contribution < -0.4 is 10.6 Å². The zero-order valence-corrected chi connectivity index (χ0v) is 9.92. The molecule has 1 aromatic rings. The highest BCUT2D eigenvalue weighted by atomic mass is 35.5. The summed E-state index contributed by atoms with van der Waals surface area (Å²) >= 11 is 5.75. The van der Waals surface area contributed by atoms with Crippen LogP contribution in [0, 0.1) is 5.92 Å². The van der Waals surface area contributed by atoms with Crippen LogP contribution >= 0.6 is 11.6 Å². The number of rotatable bonds is 4. The molecule has 86 valence electrons. The van der Waals surface area contributed by atoms with E-state index in [2.05, 4.69) is 17.6 Å². The molecular weight excluding hydrogens is 224 g/mol. The molecule has 16 heavy (non-hydrogen) atoms. The molecule has 1 aliphatic rings. The summed E-state index contributed by atoms with van der Waals surface area (Å²) in [6.45, 7) is 2.55. The molecule has 1 aliphatic carbocycles. The molecule has 1 amide bonds. The average Bonchev–Trinajstić information content (AvgIpc) is 2.95. The van der Waals surface area contributed by atoms with Gasteiger partial charge in [0.15, 0.2) is 0 Å². The molecule has 4 heteroatoms. The SMILES string of the molecule is CC1CC1NCC(=O)Nc1ccc(Cl)cc1. The van der Waals surface area contributed by atoms with E-state index in [4.69, 9.17) is 11.6 Å². The van der Waals surface area contributed by atoms with Crippen LogP contribution in [-0.2, 0) is 4.79 Å². The van der Waals surface area contributed by atoms with Gasteiger partial charge in [-0.1, -0.05) is 18.5 Å². The monoisotopic (exact) mass is 238 g/mol. The van der Waals surface area contributed by atoms with E-state index in [-0.39, 0.29) is 5.91 Å². The standard InChI is InChI=1S/C12H15ClN2O/c1-8-6-11(8)14-7-12(16)15-10-4-2-9(13)3-5-10/h2-5,8,11,14H,6-7H2,1H3,(H,15,16). The number of halogens is 1. The van der Waals surface area contributed by atoms with Gasteiger partial charge in [-0.2, -0.15) is 0 Å². The maximum atomic E-state index is 11.5. The maximum absolute atomic E-state index is 11.5. The van der Waals surface area contributed by atoms with E-state index in [1.54, 1.807) is 24.3 Å². The molecule has 0 bridgehead atoms. The first-order chi connectivity index (χ1) is 7.65. The van der Waals surface area contributed by atoms with Crippen molar-refractivity contribution in [3.8, 4) is 0 Å². The van der Waals surface area contributed by atoms with Crippen LogP contribution in [0.2, 0.25) is 5.02 Å². The summed E-state index contributed by atoms with van der Waals surface area (Å²) < 4.78 is 0. The van der Waals surface area contributed by atoms with Crippen molar-refractivity contribution in [1.82, 2.24) is 5.32 Å². The van der Waals surface area contributed by atoms with E-state index in [9.17, 15) is 4.79 Å². The van der Waals surface area contributed by atoms with Gasteiger partial charge in [0.05, 0.1) is 6.54 Å². The largest absolute Gasteiger partial charge is 0.325 e. The molecule has 0 aliphatic heterocycles. The molecule has 3 nitrogen and oxygen atoms in total. The van der Waals surface area contributed by atoms with Crippen molar-refractivity contribution in [1.29, 1.82) is 0 Å². The van der Waals surface area contributed by atoms with Crippen LogP contribution in [0.5, 0.6) is 0 Å². The van der Waals surface area contributed by atoms with Crippen molar-refractivity contribution in [2.24, 2.45) is 5.92 Å². The second-order valence-corrected chi connectivity index (χ2v) is 4.69. The summed E-state index contributed by atoms with van der Waals surface area (Å²) in [5, 5.41) is 6.68. The van der Waals surface area contributed by atoms with Crippen molar-refractivity contribution >= 4 is 23.2 Å². The number of hydrogen-bond acceptors (Lipinski definition) is 2. The Hall–Kier alpha value is -1.06. The minimum Gasteiger partial charge on any atom is -0.325 e. The third-order valence-corrected chi connectivity index (χ3v) is 3.01. The maximum Gasteiger partial charge on any atom is 0.238 e. The van der Waals surface area contributed by atoms with Crippen LogP contribution in [0.4, 0.5) is 5.69 Å². The van der Waals surface area contributed by atoms with Crippen molar-refractivity contribution in [2.75, 3.05) is 11.9 Å². The van der Waals surface area contributed by atoms with E-state index >= 15 is 0 Å². The van der Waals surface area contributed by atoms with Crippen molar-refractivity contribution < 1.29 is 4.79 Å². The Morgan fingerprint density at radius 1 is 1.44 bits per heavy atom. The first-order valence-corrected chi connectivity index (χ1v) is 5.82. The second-order valence-electron chi connectivity index (χ2n) is 4.26. The van der Waals surface area contributed by atoms with Gasteiger partial charge in [0.1, 0.15) is 0 Å². The second kappa shape index (κ2) is 4.85. The fourth-order valence-corrected chi connectivity index (χ4v) is 1.69. The number of carbonyl (C=O) groups excluding carboxylic acids is 1. The first kappa shape index (κ1) is 11.4. The molecule has 1 fully saturated rings. The molecule has 0 aromatic heterocycles. The minimum absolute atomic E-state index is 0.0126. The Morgan fingerprint density at radius 2 is 2.06 bits per heavy atom. The summed E-state index contributed by atoms with van der Waals surface area (Å²) in [7, 11) is 0. The molecule has 2 unspecified atom stereocenters. The van der Waals surface area contributed by atoms with Gasteiger partial charge in [0, 0.05) is 16.8 Å². The predicted octanol–water partition coefficient (Wildman–Crippen LogP) is 2.28. The number of carbonyl (C=O) groups is 1. The first-order valence-electron chi connectivity index (χ1n) is 5.44.